The van der Waals surface area contributed by atoms with Gasteiger partial charge >= 0.3 is 0 Å². The Bertz CT molecular complexity index is 621. The van der Waals surface area contributed by atoms with E-state index < -0.39 is 5.41 Å². The van der Waals surface area contributed by atoms with Gasteiger partial charge in [0.05, 0.1) is 5.41 Å². The van der Waals surface area contributed by atoms with Crippen molar-refractivity contribution in [1.82, 2.24) is 0 Å². The fourth-order valence-corrected chi connectivity index (χ4v) is 2.67. The maximum Gasteiger partial charge on any atom is 0.180 e. The molecule has 1 aromatic rings. The first-order valence-electron chi connectivity index (χ1n) is 6.93. The highest BCUT2D eigenvalue weighted by atomic mass is 16.3. The first kappa shape index (κ1) is 14.5. The second-order valence-corrected chi connectivity index (χ2v) is 5.90. The fourth-order valence-electron chi connectivity index (χ4n) is 2.67. The van der Waals surface area contributed by atoms with Gasteiger partial charge in [-0.3, -0.25) is 9.59 Å². The molecule has 0 aromatic heterocycles. The Morgan fingerprint density at radius 2 is 1.95 bits per heavy atom. The minimum Gasteiger partial charge on any atom is -0.506 e. The maximum atomic E-state index is 12.6. The molecule has 3 nitrogen and oxygen atoms in total. The van der Waals surface area contributed by atoms with Crippen LogP contribution in [-0.4, -0.2) is 16.7 Å². The van der Waals surface area contributed by atoms with Crippen molar-refractivity contribution >= 4 is 17.3 Å². The third-order valence-electron chi connectivity index (χ3n) is 3.89. The number of carbonyl (C=O) groups excluding carboxylic acids is 2. The van der Waals surface area contributed by atoms with Gasteiger partial charge in [0.25, 0.3) is 0 Å². The van der Waals surface area contributed by atoms with Crippen LogP contribution in [0.3, 0.4) is 0 Å². The van der Waals surface area contributed by atoms with Crippen LogP contribution in [0.25, 0.3) is 5.76 Å². The van der Waals surface area contributed by atoms with Crippen LogP contribution in [-0.2, 0) is 15.0 Å². The van der Waals surface area contributed by atoms with Gasteiger partial charge < -0.3 is 5.11 Å². The third kappa shape index (κ3) is 2.07. The van der Waals surface area contributed by atoms with Gasteiger partial charge in [-0.25, -0.2) is 0 Å². The summed E-state index contributed by atoms with van der Waals surface area (Å²) in [6.07, 6.45) is 0.937. The van der Waals surface area contributed by atoms with E-state index in [0.717, 1.165) is 11.1 Å². The number of ketones is 2. The third-order valence-corrected chi connectivity index (χ3v) is 3.89. The Morgan fingerprint density at radius 3 is 2.55 bits per heavy atom. The monoisotopic (exact) mass is 272 g/mol. The summed E-state index contributed by atoms with van der Waals surface area (Å²) in [6, 6.07) is 5.57. The van der Waals surface area contributed by atoms with Crippen molar-refractivity contribution in [2.75, 3.05) is 0 Å². The number of aliphatic hydroxyl groups excluding tert-OH is 1. The largest absolute Gasteiger partial charge is 0.506 e. The summed E-state index contributed by atoms with van der Waals surface area (Å²) >= 11 is 0. The van der Waals surface area contributed by atoms with E-state index in [1.54, 1.807) is 19.9 Å². The topological polar surface area (TPSA) is 54.4 Å². The van der Waals surface area contributed by atoms with E-state index in [0.29, 0.717) is 12.0 Å². The molecule has 0 heterocycles. The van der Waals surface area contributed by atoms with Gasteiger partial charge in [-0.2, -0.15) is 0 Å². The number of carbonyl (C=O) groups is 2. The molecule has 106 valence electrons. The summed E-state index contributed by atoms with van der Waals surface area (Å²) in [5.74, 6) is -0.719. The lowest BCUT2D eigenvalue weighted by atomic mass is 9.69. The zero-order valence-electron chi connectivity index (χ0n) is 12.4. The van der Waals surface area contributed by atoms with Crippen LogP contribution in [0.15, 0.2) is 23.8 Å². The van der Waals surface area contributed by atoms with E-state index in [4.69, 9.17) is 0 Å². The van der Waals surface area contributed by atoms with Gasteiger partial charge in [0.1, 0.15) is 11.3 Å². The van der Waals surface area contributed by atoms with Crippen molar-refractivity contribution in [3.8, 4) is 0 Å². The predicted molar refractivity (Wildman–Crippen MR) is 78.7 cm³/mol. The van der Waals surface area contributed by atoms with Crippen molar-refractivity contribution in [2.24, 2.45) is 0 Å². The van der Waals surface area contributed by atoms with Crippen molar-refractivity contribution in [1.29, 1.82) is 0 Å². The zero-order valence-corrected chi connectivity index (χ0v) is 12.4. The Balaban J connectivity index is 2.70. The molecule has 0 aliphatic heterocycles. The average molecular weight is 272 g/mol. The number of fused-ring (bicyclic) bond motifs is 1. The molecule has 0 saturated carbocycles. The van der Waals surface area contributed by atoms with Crippen molar-refractivity contribution in [3.05, 3.63) is 40.5 Å². The molecule has 0 bridgehead atoms. The van der Waals surface area contributed by atoms with E-state index in [1.807, 2.05) is 26.0 Å². The highest BCUT2D eigenvalue weighted by Crippen LogP contribution is 2.40. The summed E-state index contributed by atoms with van der Waals surface area (Å²) in [6.45, 7) is 7.43. The smallest absolute Gasteiger partial charge is 0.180 e. The lowest BCUT2D eigenvalue weighted by Gasteiger charge is -2.32. The Labute approximate surface area is 119 Å². The molecule has 0 atom stereocenters. The lowest BCUT2D eigenvalue weighted by molar-refractivity contribution is -0.124. The van der Waals surface area contributed by atoms with Gasteiger partial charge in [0.2, 0.25) is 0 Å². The number of hydrogen-bond donors (Lipinski definition) is 1. The molecule has 3 heteroatoms. The highest BCUT2D eigenvalue weighted by Gasteiger charge is 2.42. The van der Waals surface area contributed by atoms with Gasteiger partial charge in [0, 0.05) is 12.0 Å². The molecule has 1 aromatic carbocycles. The molecule has 1 aliphatic carbocycles. The zero-order chi connectivity index (χ0) is 15.1. The number of hydrogen-bond acceptors (Lipinski definition) is 3. The number of allylic oxidation sites excluding steroid dienone is 1. The normalized spacial score (nSPS) is 17.1. The lowest BCUT2D eigenvalue weighted by Crippen LogP contribution is -2.37. The summed E-state index contributed by atoms with van der Waals surface area (Å²) in [5.41, 5.74) is 1.59. The number of Topliss-reactive ketones (excluding diaryl/α,β-unsaturated/α-hetero) is 2. The molecule has 0 saturated heterocycles. The predicted octanol–water partition coefficient (Wildman–Crippen LogP) is 3.49. The number of aryl methyl sites for hydroxylation is 1. The first-order chi connectivity index (χ1) is 9.30. The molecule has 20 heavy (non-hydrogen) atoms. The standard InChI is InChI=1S/C17H20O3/c1-5-6-13(18)14-15(19)11-8-7-10(2)9-12(11)17(3,4)16(14)20/h7-9,19H,5-6H2,1-4H3. The molecule has 0 amide bonds. The van der Waals surface area contributed by atoms with Gasteiger partial charge in [-0.05, 0) is 32.8 Å². The van der Waals surface area contributed by atoms with Crippen LogP contribution < -0.4 is 0 Å². The van der Waals surface area contributed by atoms with E-state index in [9.17, 15) is 14.7 Å². The second-order valence-electron chi connectivity index (χ2n) is 5.90. The van der Waals surface area contributed by atoms with Crippen LogP contribution in [0, 0.1) is 6.92 Å². The Hall–Kier alpha value is -1.90. The van der Waals surface area contributed by atoms with Crippen LogP contribution in [0.4, 0.5) is 0 Å². The summed E-state index contributed by atoms with van der Waals surface area (Å²) in [7, 11) is 0. The Morgan fingerprint density at radius 1 is 1.30 bits per heavy atom. The second kappa shape index (κ2) is 4.89. The van der Waals surface area contributed by atoms with Crippen LogP contribution in [0.1, 0.15) is 50.3 Å². The van der Waals surface area contributed by atoms with Gasteiger partial charge in [-0.15, -0.1) is 0 Å². The molecule has 0 radical (unpaired) electrons. The van der Waals surface area contributed by atoms with Crippen LogP contribution in [0.2, 0.25) is 0 Å². The van der Waals surface area contributed by atoms with E-state index in [2.05, 4.69) is 0 Å². The SMILES string of the molecule is CCCC(=O)C1=C(O)c2ccc(C)cc2C(C)(C)C1=O. The number of benzene rings is 1. The van der Waals surface area contributed by atoms with Crippen LogP contribution in [0.5, 0.6) is 0 Å². The first-order valence-corrected chi connectivity index (χ1v) is 6.93. The van der Waals surface area contributed by atoms with Crippen molar-refractivity contribution in [2.45, 2.75) is 46.0 Å². The summed E-state index contributed by atoms with van der Waals surface area (Å²) < 4.78 is 0. The molecule has 2 rings (SSSR count). The van der Waals surface area contributed by atoms with E-state index in [-0.39, 0.29) is 29.3 Å². The van der Waals surface area contributed by atoms with Gasteiger partial charge in [-0.1, -0.05) is 30.7 Å². The minimum atomic E-state index is -0.785. The molecular weight excluding hydrogens is 252 g/mol. The number of aliphatic hydroxyl groups is 1. The number of rotatable bonds is 3. The quantitative estimate of drug-likeness (QED) is 0.857. The minimum absolute atomic E-state index is 0.0341. The van der Waals surface area contributed by atoms with Crippen molar-refractivity contribution < 1.29 is 14.7 Å². The maximum absolute atomic E-state index is 12.6. The molecule has 1 N–H and O–H groups in total. The molecule has 0 spiro atoms. The molecule has 1 aliphatic rings. The summed E-state index contributed by atoms with van der Waals surface area (Å²) in [4.78, 5) is 24.8. The fraction of sp³-hybridized carbons (Fsp3) is 0.412. The molecule has 0 unspecified atom stereocenters. The van der Waals surface area contributed by atoms with E-state index in [1.165, 1.54) is 0 Å². The highest BCUT2D eigenvalue weighted by molar-refractivity contribution is 6.28. The van der Waals surface area contributed by atoms with Gasteiger partial charge in [0.15, 0.2) is 11.6 Å². The van der Waals surface area contributed by atoms with Crippen LogP contribution >= 0.6 is 0 Å². The summed E-state index contributed by atoms with van der Waals surface area (Å²) in [5, 5.41) is 10.3. The van der Waals surface area contributed by atoms with Crippen molar-refractivity contribution in [3.63, 3.8) is 0 Å². The average Bonchev–Trinajstić information content (AvgIpc) is 2.37. The van der Waals surface area contributed by atoms with E-state index >= 15 is 0 Å². The Kier molecular flexibility index (Phi) is 3.55. The molecular formula is C17H20O3. The molecule has 0 fully saturated rings.